The molecule has 0 fully saturated rings. The Morgan fingerprint density at radius 1 is 0.685 bits per heavy atom. The first-order chi connectivity index (χ1) is 26.2. The van der Waals surface area contributed by atoms with E-state index >= 15 is 0 Å². The highest BCUT2D eigenvalue weighted by Crippen LogP contribution is 2.39. The smallest absolute Gasteiger partial charge is 0.330 e. The first-order valence-electron chi connectivity index (χ1n) is 21.6. The third kappa shape index (κ3) is 26.2. The van der Waals surface area contributed by atoms with Crippen LogP contribution < -0.4 is 14.2 Å². The van der Waals surface area contributed by atoms with E-state index in [9.17, 15) is 14.7 Å². The molecule has 1 rings (SSSR count). The van der Waals surface area contributed by atoms with Gasteiger partial charge in [0.1, 0.15) is 0 Å². The molecule has 9 nitrogen and oxygen atoms in total. The average Bonchev–Trinajstić information content (AvgIpc) is 3.16. The minimum atomic E-state index is -0.428. The van der Waals surface area contributed by atoms with Crippen molar-refractivity contribution in [3.05, 3.63) is 23.8 Å². The van der Waals surface area contributed by atoms with Crippen molar-refractivity contribution in [1.29, 1.82) is 0 Å². The number of rotatable bonds is 36. The Kier molecular flexibility index (Phi) is 30.8. The summed E-state index contributed by atoms with van der Waals surface area (Å²) in [6.45, 7) is 8.24. The topological polar surface area (TPSA) is 97.8 Å². The van der Waals surface area contributed by atoms with Gasteiger partial charge in [0.2, 0.25) is 5.75 Å². The lowest BCUT2D eigenvalue weighted by molar-refractivity contribution is -0.138. The fourth-order valence-corrected chi connectivity index (χ4v) is 6.65. The molecule has 1 atom stereocenters. The third-order valence-electron chi connectivity index (χ3n) is 9.90. The van der Waals surface area contributed by atoms with Crippen molar-refractivity contribution in [2.24, 2.45) is 0 Å². The fourth-order valence-electron chi connectivity index (χ4n) is 6.65. The Bertz CT molecular complexity index is 1080. The van der Waals surface area contributed by atoms with Gasteiger partial charge in [0.25, 0.3) is 0 Å². The van der Waals surface area contributed by atoms with E-state index in [4.69, 9.17) is 18.9 Å². The zero-order valence-electron chi connectivity index (χ0n) is 35.5. The normalized spacial score (nSPS) is 12.2. The second-order valence-electron chi connectivity index (χ2n) is 15.2. The summed E-state index contributed by atoms with van der Waals surface area (Å²) in [6.07, 6.45) is 29.3. The Labute approximate surface area is 330 Å². The Balaban J connectivity index is 2.62. The van der Waals surface area contributed by atoms with E-state index in [1.807, 2.05) is 19.0 Å². The molecule has 0 radical (unpaired) electrons. The van der Waals surface area contributed by atoms with Crippen molar-refractivity contribution in [3.8, 4) is 17.2 Å². The van der Waals surface area contributed by atoms with Crippen molar-refractivity contribution in [2.75, 3.05) is 61.1 Å². The number of hydrogen-bond donors (Lipinski definition) is 1. The molecule has 0 heterocycles. The second kappa shape index (κ2) is 33.7. The highest BCUT2D eigenvalue weighted by Gasteiger charge is 2.18. The van der Waals surface area contributed by atoms with Crippen molar-refractivity contribution in [1.82, 2.24) is 9.80 Å². The maximum Gasteiger partial charge on any atom is 0.330 e. The van der Waals surface area contributed by atoms with Crippen LogP contribution >= 0.6 is 0 Å². The van der Waals surface area contributed by atoms with E-state index in [2.05, 4.69) is 18.7 Å². The molecule has 0 saturated heterocycles. The summed E-state index contributed by atoms with van der Waals surface area (Å²) in [5, 5.41) is 10.9. The standard InChI is InChI=1S/C45H80N2O7/c1-7-9-11-13-15-17-18-20-22-25-33-47(38-40(48)28-23-21-19-16-14-12-10-8-2)34-26-24-29-44(50)54-45-41(51-5)36-39(37-42(45)52-6)30-31-43(49)53-35-27-32-46(3)4/h30-31,36-37,40,48H,7-29,32-35,38H2,1-6H3/b31-30+. The first-order valence-corrected chi connectivity index (χ1v) is 21.6. The molecular formula is C45H80N2O7. The van der Waals surface area contributed by atoms with Crippen LogP contribution in [-0.2, 0) is 14.3 Å². The van der Waals surface area contributed by atoms with Gasteiger partial charge < -0.3 is 33.9 Å². The summed E-state index contributed by atoms with van der Waals surface area (Å²) in [5.41, 5.74) is 0.654. The Hall–Kier alpha value is -2.62. The molecule has 9 heteroatoms. The highest BCUT2D eigenvalue weighted by atomic mass is 16.6. The number of ether oxygens (including phenoxy) is 4. The Morgan fingerprint density at radius 3 is 1.70 bits per heavy atom. The van der Waals surface area contributed by atoms with Crippen molar-refractivity contribution >= 4 is 18.0 Å². The molecule has 0 aliphatic heterocycles. The molecule has 0 aromatic heterocycles. The van der Waals surface area contributed by atoms with E-state index in [0.717, 1.165) is 51.7 Å². The summed E-state index contributed by atoms with van der Waals surface area (Å²) >= 11 is 0. The maximum absolute atomic E-state index is 13.0. The summed E-state index contributed by atoms with van der Waals surface area (Å²) < 4.78 is 22.1. The molecule has 1 aromatic rings. The van der Waals surface area contributed by atoms with Crippen LogP contribution in [0.25, 0.3) is 6.08 Å². The molecule has 0 saturated carbocycles. The van der Waals surface area contributed by atoms with Crippen LogP contribution in [0.5, 0.6) is 17.2 Å². The molecule has 312 valence electrons. The zero-order chi connectivity index (χ0) is 39.7. The largest absolute Gasteiger partial charge is 0.493 e. The van der Waals surface area contributed by atoms with Crippen molar-refractivity contribution < 1.29 is 33.6 Å². The van der Waals surface area contributed by atoms with Gasteiger partial charge in [-0.05, 0) is 83.1 Å². The molecule has 54 heavy (non-hydrogen) atoms. The van der Waals surface area contributed by atoms with E-state index in [0.29, 0.717) is 36.6 Å². The van der Waals surface area contributed by atoms with Gasteiger partial charge in [-0.15, -0.1) is 0 Å². The molecule has 0 aliphatic rings. The van der Waals surface area contributed by atoms with Crippen LogP contribution in [0.1, 0.15) is 167 Å². The monoisotopic (exact) mass is 761 g/mol. The van der Waals surface area contributed by atoms with Gasteiger partial charge in [-0.2, -0.15) is 0 Å². The predicted molar refractivity (Wildman–Crippen MR) is 224 cm³/mol. The number of esters is 2. The average molecular weight is 761 g/mol. The lowest BCUT2D eigenvalue weighted by atomic mass is 10.0. The Morgan fingerprint density at radius 2 is 1.19 bits per heavy atom. The van der Waals surface area contributed by atoms with Crippen LogP contribution in [0.3, 0.4) is 0 Å². The molecule has 0 aliphatic carbocycles. The number of nitrogens with zero attached hydrogens (tertiary/aromatic N) is 2. The van der Waals surface area contributed by atoms with E-state index in [-0.39, 0.29) is 24.2 Å². The van der Waals surface area contributed by atoms with E-state index in [1.54, 1.807) is 18.2 Å². The van der Waals surface area contributed by atoms with Gasteiger partial charge in [0.05, 0.1) is 26.9 Å². The number of unbranched alkanes of at least 4 members (excludes halogenated alkanes) is 17. The minimum Gasteiger partial charge on any atom is -0.493 e. The van der Waals surface area contributed by atoms with Gasteiger partial charge in [0.15, 0.2) is 11.5 Å². The molecule has 0 bridgehead atoms. The first kappa shape index (κ1) is 49.4. The summed E-state index contributed by atoms with van der Waals surface area (Å²) in [4.78, 5) is 29.6. The number of hydrogen-bond acceptors (Lipinski definition) is 9. The molecule has 0 amide bonds. The SMILES string of the molecule is CCCCCCCCCCCCN(CCCCC(=O)Oc1c(OC)cc(/C=C/C(=O)OCCCN(C)C)cc1OC)CC(O)CCCCCCCCCC. The number of benzene rings is 1. The van der Waals surface area contributed by atoms with Gasteiger partial charge in [-0.25, -0.2) is 4.79 Å². The molecule has 1 N–H and O–H groups in total. The van der Waals surface area contributed by atoms with Crippen molar-refractivity contribution in [3.63, 3.8) is 0 Å². The number of carbonyl (C=O) groups is 2. The summed E-state index contributed by atoms with van der Waals surface area (Å²) in [6, 6.07) is 3.40. The lowest BCUT2D eigenvalue weighted by Gasteiger charge is -2.25. The summed E-state index contributed by atoms with van der Waals surface area (Å²) in [7, 11) is 6.96. The summed E-state index contributed by atoms with van der Waals surface area (Å²) in [5.74, 6) is 0.124. The highest BCUT2D eigenvalue weighted by molar-refractivity contribution is 5.87. The van der Waals surface area contributed by atoms with Crippen LogP contribution in [0, 0.1) is 0 Å². The van der Waals surface area contributed by atoms with Crippen LogP contribution in [-0.4, -0.2) is 94.0 Å². The second-order valence-corrected chi connectivity index (χ2v) is 15.2. The molecular weight excluding hydrogens is 681 g/mol. The molecule has 1 unspecified atom stereocenters. The number of aliphatic hydroxyl groups is 1. The van der Waals surface area contributed by atoms with Gasteiger partial charge >= 0.3 is 11.9 Å². The fraction of sp³-hybridized carbons (Fsp3) is 0.778. The predicted octanol–water partition coefficient (Wildman–Crippen LogP) is 10.4. The number of methoxy groups -OCH3 is 2. The number of carbonyl (C=O) groups excluding carboxylic acids is 2. The van der Waals surface area contributed by atoms with E-state index < -0.39 is 5.97 Å². The van der Waals surface area contributed by atoms with Crippen LogP contribution in [0.2, 0.25) is 0 Å². The molecule has 0 spiro atoms. The maximum atomic E-state index is 13.0. The van der Waals surface area contributed by atoms with Crippen LogP contribution in [0.15, 0.2) is 18.2 Å². The molecule has 1 aromatic carbocycles. The number of aliphatic hydroxyl groups excluding tert-OH is 1. The van der Waals surface area contributed by atoms with Crippen molar-refractivity contribution in [2.45, 2.75) is 168 Å². The van der Waals surface area contributed by atoms with Crippen LogP contribution in [0.4, 0.5) is 0 Å². The zero-order valence-corrected chi connectivity index (χ0v) is 35.5. The lowest BCUT2D eigenvalue weighted by Crippen LogP contribution is -2.34. The third-order valence-corrected chi connectivity index (χ3v) is 9.90. The quantitative estimate of drug-likeness (QED) is 0.0310. The van der Waals surface area contributed by atoms with Gasteiger partial charge in [-0.1, -0.05) is 123 Å². The van der Waals surface area contributed by atoms with E-state index in [1.165, 1.54) is 123 Å². The minimum absolute atomic E-state index is 0.222. The van der Waals surface area contributed by atoms with Gasteiger partial charge in [0, 0.05) is 25.6 Å². The van der Waals surface area contributed by atoms with Gasteiger partial charge in [-0.3, -0.25) is 4.79 Å².